The van der Waals surface area contributed by atoms with Gasteiger partial charge in [-0.15, -0.1) is 0 Å². The molecule has 26 heavy (non-hydrogen) atoms. The van der Waals surface area contributed by atoms with E-state index in [0.29, 0.717) is 18.2 Å². The van der Waals surface area contributed by atoms with Gasteiger partial charge >= 0.3 is 0 Å². The maximum Gasteiger partial charge on any atom is 0.270 e. The second-order valence-corrected chi connectivity index (χ2v) is 6.70. The Kier molecular flexibility index (Phi) is 4.61. The number of amides is 1. The first-order chi connectivity index (χ1) is 12.7. The van der Waals surface area contributed by atoms with Gasteiger partial charge in [0, 0.05) is 49.2 Å². The van der Waals surface area contributed by atoms with Crippen LogP contribution in [0.25, 0.3) is 21.8 Å². The molecular weight excluding hydrogens is 330 g/mol. The van der Waals surface area contributed by atoms with Gasteiger partial charge in [-0.2, -0.15) is 0 Å². The molecule has 0 aliphatic carbocycles. The average Bonchev–Trinajstić information content (AvgIpc) is 3.06. The minimum atomic E-state index is -0.200. The molecule has 1 saturated heterocycles. The summed E-state index contributed by atoms with van der Waals surface area (Å²) in [5.41, 5.74) is 4.52. The molecule has 3 aromatic rings. The first-order valence-electron chi connectivity index (χ1n) is 8.95. The van der Waals surface area contributed by atoms with E-state index in [4.69, 9.17) is 9.47 Å². The highest BCUT2D eigenvalue weighted by Gasteiger charge is 2.20. The van der Waals surface area contributed by atoms with Crippen LogP contribution in [0.2, 0.25) is 0 Å². The van der Waals surface area contributed by atoms with E-state index in [9.17, 15) is 4.79 Å². The molecule has 4 rings (SSSR count). The summed E-state index contributed by atoms with van der Waals surface area (Å²) >= 11 is 0. The number of H-pyrrole nitrogens is 1. The molecule has 136 valence electrons. The zero-order valence-electron chi connectivity index (χ0n) is 15.1. The number of nitrogens with zero attached hydrogens (tertiary/aromatic N) is 1. The molecule has 6 heteroatoms. The Hall–Kier alpha value is -2.44. The predicted octanol–water partition coefficient (Wildman–Crippen LogP) is 3.12. The van der Waals surface area contributed by atoms with Crippen LogP contribution in [0.3, 0.4) is 0 Å². The van der Waals surface area contributed by atoms with Gasteiger partial charge in [0.05, 0.1) is 18.3 Å². The van der Waals surface area contributed by atoms with E-state index in [1.54, 1.807) is 20.4 Å². The number of rotatable bonds is 4. The number of methoxy groups -OCH3 is 1. The third-order valence-electron chi connectivity index (χ3n) is 5.19. The third kappa shape index (κ3) is 2.85. The molecule has 3 heterocycles. The molecule has 1 amide bonds. The summed E-state index contributed by atoms with van der Waals surface area (Å²) in [5, 5.41) is 4.80. The summed E-state index contributed by atoms with van der Waals surface area (Å²) in [4.78, 5) is 20.1. The third-order valence-corrected chi connectivity index (χ3v) is 5.19. The number of nitrogens with one attached hydrogen (secondary N) is 2. The zero-order chi connectivity index (χ0) is 18.1. The highest BCUT2D eigenvalue weighted by atomic mass is 16.5. The van der Waals surface area contributed by atoms with Crippen LogP contribution in [0.15, 0.2) is 24.4 Å². The number of ether oxygens (including phenoxy) is 2. The lowest BCUT2D eigenvalue weighted by molar-refractivity contribution is 0.0853. The van der Waals surface area contributed by atoms with Crippen LogP contribution in [0, 0.1) is 0 Å². The largest absolute Gasteiger partial charge is 0.381 e. The van der Waals surface area contributed by atoms with Gasteiger partial charge in [0.25, 0.3) is 5.91 Å². The van der Waals surface area contributed by atoms with E-state index in [1.165, 1.54) is 5.56 Å². The van der Waals surface area contributed by atoms with E-state index in [1.807, 2.05) is 0 Å². The van der Waals surface area contributed by atoms with Crippen molar-refractivity contribution in [3.05, 3.63) is 41.2 Å². The second-order valence-electron chi connectivity index (χ2n) is 6.70. The van der Waals surface area contributed by atoms with E-state index < -0.39 is 0 Å². The SMILES string of the molecule is CNC(=O)c1ncc2[nH]c3ccc(C4CCOCC4)cc3c2c1COC. The van der Waals surface area contributed by atoms with Crippen LogP contribution in [0.4, 0.5) is 0 Å². The Bertz CT molecular complexity index is 958. The maximum absolute atomic E-state index is 12.3. The van der Waals surface area contributed by atoms with E-state index in [2.05, 4.69) is 33.5 Å². The lowest BCUT2D eigenvalue weighted by Crippen LogP contribution is -2.21. The van der Waals surface area contributed by atoms with E-state index >= 15 is 0 Å². The monoisotopic (exact) mass is 353 g/mol. The lowest BCUT2D eigenvalue weighted by atomic mass is 9.90. The molecule has 0 unspecified atom stereocenters. The molecule has 0 spiro atoms. The quantitative estimate of drug-likeness (QED) is 0.756. The highest BCUT2D eigenvalue weighted by molar-refractivity contribution is 6.11. The zero-order valence-corrected chi connectivity index (χ0v) is 15.1. The molecule has 1 aliphatic heterocycles. The summed E-state index contributed by atoms with van der Waals surface area (Å²) < 4.78 is 10.9. The van der Waals surface area contributed by atoms with Crippen molar-refractivity contribution in [1.29, 1.82) is 0 Å². The maximum atomic E-state index is 12.3. The van der Waals surface area contributed by atoms with Crippen LogP contribution in [0.1, 0.15) is 40.4 Å². The summed E-state index contributed by atoms with van der Waals surface area (Å²) in [6.45, 7) is 1.97. The smallest absolute Gasteiger partial charge is 0.270 e. The minimum absolute atomic E-state index is 0.200. The molecule has 1 fully saturated rings. The number of aromatic amines is 1. The number of hydrogen-bond donors (Lipinski definition) is 2. The molecule has 0 saturated carbocycles. The van der Waals surface area contributed by atoms with Crippen LogP contribution in [-0.2, 0) is 16.1 Å². The van der Waals surface area contributed by atoms with Gasteiger partial charge in [0.15, 0.2) is 0 Å². The molecule has 2 N–H and O–H groups in total. The molecule has 1 aliphatic rings. The summed E-state index contributed by atoms with van der Waals surface area (Å²) in [7, 11) is 3.25. The first kappa shape index (κ1) is 17.0. The summed E-state index contributed by atoms with van der Waals surface area (Å²) in [6, 6.07) is 6.56. The van der Waals surface area contributed by atoms with Crippen LogP contribution in [0.5, 0.6) is 0 Å². The molecule has 6 nitrogen and oxygen atoms in total. The van der Waals surface area contributed by atoms with Crippen molar-refractivity contribution in [2.75, 3.05) is 27.4 Å². The van der Waals surface area contributed by atoms with Crippen molar-refractivity contribution in [3.8, 4) is 0 Å². The second kappa shape index (κ2) is 7.05. The Labute approximate surface area is 151 Å². The van der Waals surface area contributed by atoms with Crippen molar-refractivity contribution in [3.63, 3.8) is 0 Å². The van der Waals surface area contributed by atoms with E-state index in [0.717, 1.165) is 53.4 Å². The molecule has 2 aromatic heterocycles. The number of pyridine rings is 1. The van der Waals surface area contributed by atoms with Gasteiger partial charge in [-0.1, -0.05) is 6.07 Å². The van der Waals surface area contributed by atoms with Gasteiger partial charge in [-0.05, 0) is 36.5 Å². The molecule has 0 atom stereocenters. The Morgan fingerprint density at radius 3 is 2.88 bits per heavy atom. The van der Waals surface area contributed by atoms with Crippen molar-refractivity contribution < 1.29 is 14.3 Å². The standard InChI is InChI=1S/C20H23N3O3/c1-21-20(24)19-15(11-25-2)18-14-9-13(12-5-7-26-8-6-12)3-4-16(14)23-17(18)10-22-19/h3-4,9-10,12,23H,5-8,11H2,1-2H3,(H,21,24). The van der Waals surface area contributed by atoms with E-state index in [-0.39, 0.29) is 5.91 Å². The van der Waals surface area contributed by atoms with Gasteiger partial charge < -0.3 is 19.8 Å². The fraction of sp³-hybridized carbons (Fsp3) is 0.400. The van der Waals surface area contributed by atoms with Crippen molar-refractivity contribution >= 4 is 27.7 Å². The first-order valence-corrected chi connectivity index (χ1v) is 8.95. The van der Waals surface area contributed by atoms with Crippen LogP contribution >= 0.6 is 0 Å². The Morgan fingerprint density at radius 1 is 1.35 bits per heavy atom. The molecule has 1 aromatic carbocycles. The molecular formula is C20H23N3O3. The van der Waals surface area contributed by atoms with Crippen molar-refractivity contribution in [2.45, 2.75) is 25.4 Å². The van der Waals surface area contributed by atoms with Crippen LogP contribution in [-0.4, -0.2) is 43.2 Å². The minimum Gasteiger partial charge on any atom is -0.381 e. The fourth-order valence-corrected chi connectivity index (χ4v) is 3.86. The number of carbonyl (C=O) groups is 1. The number of hydrogen-bond acceptors (Lipinski definition) is 4. The van der Waals surface area contributed by atoms with Crippen molar-refractivity contribution in [2.24, 2.45) is 0 Å². The van der Waals surface area contributed by atoms with Gasteiger partial charge in [0.1, 0.15) is 5.69 Å². The summed E-state index contributed by atoms with van der Waals surface area (Å²) in [5.74, 6) is 0.318. The van der Waals surface area contributed by atoms with Crippen LogP contribution < -0.4 is 5.32 Å². The topological polar surface area (TPSA) is 76.2 Å². The fourth-order valence-electron chi connectivity index (χ4n) is 3.86. The van der Waals surface area contributed by atoms with Gasteiger partial charge in [-0.25, -0.2) is 4.98 Å². The average molecular weight is 353 g/mol. The number of benzene rings is 1. The number of aromatic nitrogens is 2. The summed E-state index contributed by atoms with van der Waals surface area (Å²) in [6.07, 6.45) is 3.82. The Balaban J connectivity index is 1.93. The number of carbonyl (C=O) groups excluding carboxylic acids is 1. The normalized spacial score (nSPS) is 15.6. The highest BCUT2D eigenvalue weighted by Crippen LogP contribution is 2.34. The predicted molar refractivity (Wildman–Crippen MR) is 100 cm³/mol. The molecule has 0 radical (unpaired) electrons. The van der Waals surface area contributed by atoms with Crippen molar-refractivity contribution in [1.82, 2.24) is 15.3 Å². The van der Waals surface area contributed by atoms with Gasteiger partial charge in [0.2, 0.25) is 0 Å². The lowest BCUT2D eigenvalue weighted by Gasteiger charge is -2.22. The Morgan fingerprint density at radius 2 is 2.15 bits per heavy atom. The number of fused-ring (bicyclic) bond motifs is 3. The van der Waals surface area contributed by atoms with Gasteiger partial charge in [-0.3, -0.25) is 4.79 Å². The molecule has 0 bridgehead atoms.